The Morgan fingerprint density at radius 2 is 1.95 bits per heavy atom. The number of pyridine rings is 1. The number of anilines is 1. The Bertz CT molecular complexity index is 666. The van der Waals surface area contributed by atoms with Crippen LogP contribution in [0.15, 0.2) is 24.4 Å². The summed E-state index contributed by atoms with van der Waals surface area (Å²) in [6.45, 7) is 2.57. The number of aromatic nitrogens is 1. The number of piperidine rings is 1. The highest BCUT2D eigenvalue weighted by atomic mass is 16.7. The third-order valence-electron chi connectivity index (χ3n) is 4.32. The number of fused-ring (bicyclic) bond motifs is 2. The molecule has 1 aromatic carbocycles. The van der Waals surface area contributed by atoms with Crippen molar-refractivity contribution in [2.45, 2.75) is 18.9 Å². The standard InChI is InChI=1S/C16H19N3O2/c1-19-6-3-12(4-7-19)18-16-13-9-15-14(20-10-21-15)8-11(13)2-5-17-16/h2,5,8-9,12H,3-4,6-7,10H2,1H3,(H,17,18). The highest BCUT2D eigenvalue weighted by Crippen LogP contribution is 2.38. The molecule has 0 saturated carbocycles. The second kappa shape index (κ2) is 5.07. The van der Waals surface area contributed by atoms with E-state index in [1.54, 1.807) is 0 Å². The van der Waals surface area contributed by atoms with E-state index in [9.17, 15) is 0 Å². The van der Waals surface area contributed by atoms with Crippen molar-refractivity contribution in [1.82, 2.24) is 9.88 Å². The quantitative estimate of drug-likeness (QED) is 0.918. The highest BCUT2D eigenvalue weighted by Gasteiger charge is 2.19. The Balaban J connectivity index is 1.65. The van der Waals surface area contributed by atoms with Crippen LogP contribution in [0.5, 0.6) is 11.5 Å². The fourth-order valence-electron chi connectivity index (χ4n) is 3.02. The van der Waals surface area contributed by atoms with Crippen LogP contribution in [0.25, 0.3) is 10.8 Å². The summed E-state index contributed by atoms with van der Waals surface area (Å²) in [4.78, 5) is 6.89. The van der Waals surface area contributed by atoms with Gasteiger partial charge in [-0.25, -0.2) is 4.98 Å². The van der Waals surface area contributed by atoms with Gasteiger partial charge in [0.15, 0.2) is 11.5 Å². The van der Waals surface area contributed by atoms with E-state index in [2.05, 4.69) is 22.2 Å². The molecule has 5 heteroatoms. The van der Waals surface area contributed by atoms with Crippen LogP contribution in [0.3, 0.4) is 0 Å². The third kappa shape index (κ3) is 2.38. The van der Waals surface area contributed by atoms with Gasteiger partial charge in [-0.15, -0.1) is 0 Å². The molecule has 0 radical (unpaired) electrons. The van der Waals surface area contributed by atoms with Crippen LogP contribution >= 0.6 is 0 Å². The Labute approximate surface area is 123 Å². The van der Waals surface area contributed by atoms with Crippen molar-refractivity contribution in [2.75, 3.05) is 32.2 Å². The fourth-order valence-corrected chi connectivity index (χ4v) is 3.02. The first-order valence-electron chi connectivity index (χ1n) is 7.43. The molecule has 1 aromatic heterocycles. The Morgan fingerprint density at radius 3 is 2.76 bits per heavy atom. The summed E-state index contributed by atoms with van der Waals surface area (Å²) in [5.41, 5.74) is 0. The lowest BCUT2D eigenvalue weighted by Crippen LogP contribution is -2.36. The molecule has 110 valence electrons. The zero-order valence-corrected chi connectivity index (χ0v) is 12.1. The molecule has 0 bridgehead atoms. The minimum Gasteiger partial charge on any atom is -0.454 e. The van der Waals surface area contributed by atoms with E-state index in [1.807, 2.05) is 24.4 Å². The number of hydrogen-bond donors (Lipinski definition) is 1. The molecule has 2 aromatic rings. The van der Waals surface area contributed by atoms with Crippen molar-refractivity contribution in [3.63, 3.8) is 0 Å². The molecule has 0 unspecified atom stereocenters. The number of likely N-dealkylation sites (tertiary alicyclic amines) is 1. The summed E-state index contributed by atoms with van der Waals surface area (Å²) in [6, 6.07) is 6.56. The van der Waals surface area contributed by atoms with Gasteiger partial charge in [0.05, 0.1) is 0 Å². The van der Waals surface area contributed by atoms with Crippen LogP contribution in [0, 0.1) is 0 Å². The minimum atomic E-state index is 0.302. The molecule has 0 amide bonds. The van der Waals surface area contributed by atoms with E-state index in [0.29, 0.717) is 12.8 Å². The third-order valence-corrected chi connectivity index (χ3v) is 4.32. The predicted molar refractivity (Wildman–Crippen MR) is 82.0 cm³/mol. The number of nitrogens with zero attached hydrogens (tertiary/aromatic N) is 2. The maximum Gasteiger partial charge on any atom is 0.231 e. The lowest BCUT2D eigenvalue weighted by Gasteiger charge is -2.30. The first kappa shape index (κ1) is 12.7. The van der Waals surface area contributed by atoms with Gasteiger partial charge in [-0.2, -0.15) is 0 Å². The van der Waals surface area contributed by atoms with Gasteiger partial charge >= 0.3 is 0 Å². The van der Waals surface area contributed by atoms with Gasteiger partial charge < -0.3 is 19.7 Å². The maximum absolute atomic E-state index is 5.48. The van der Waals surface area contributed by atoms with Gasteiger partial charge in [-0.05, 0) is 56.6 Å². The first-order chi connectivity index (χ1) is 10.3. The molecule has 5 nitrogen and oxygen atoms in total. The minimum absolute atomic E-state index is 0.302. The largest absolute Gasteiger partial charge is 0.454 e. The Hall–Kier alpha value is -2.01. The molecule has 1 N–H and O–H groups in total. The van der Waals surface area contributed by atoms with Crippen LogP contribution in [0.1, 0.15) is 12.8 Å². The number of rotatable bonds is 2. The van der Waals surface area contributed by atoms with E-state index in [4.69, 9.17) is 9.47 Å². The average molecular weight is 285 g/mol. The van der Waals surface area contributed by atoms with Gasteiger partial charge in [0.25, 0.3) is 0 Å². The number of hydrogen-bond acceptors (Lipinski definition) is 5. The van der Waals surface area contributed by atoms with Gasteiger partial charge in [-0.1, -0.05) is 0 Å². The van der Waals surface area contributed by atoms with Crippen LogP contribution in [-0.2, 0) is 0 Å². The smallest absolute Gasteiger partial charge is 0.231 e. The van der Waals surface area contributed by atoms with Crippen molar-refractivity contribution in [3.8, 4) is 11.5 Å². The van der Waals surface area contributed by atoms with Crippen molar-refractivity contribution in [3.05, 3.63) is 24.4 Å². The monoisotopic (exact) mass is 285 g/mol. The van der Waals surface area contributed by atoms with E-state index >= 15 is 0 Å². The van der Waals surface area contributed by atoms with Gasteiger partial charge in [0, 0.05) is 17.6 Å². The maximum atomic E-state index is 5.48. The van der Waals surface area contributed by atoms with E-state index in [-0.39, 0.29) is 0 Å². The predicted octanol–water partition coefficient (Wildman–Crippen LogP) is 2.47. The number of nitrogens with one attached hydrogen (secondary N) is 1. The summed E-state index contributed by atoms with van der Waals surface area (Å²) < 4.78 is 10.9. The van der Waals surface area contributed by atoms with Crippen molar-refractivity contribution in [2.24, 2.45) is 0 Å². The molecule has 0 atom stereocenters. The lowest BCUT2D eigenvalue weighted by atomic mass is 10.0. The molecule has 21 heavy (non-hydrogen) atoms. The summed E-state index contributed by atoms with van der Waals surface area (Å²) in [5, 5.41) is 5.83. The lowest BCUT2D eigenvalue weighted by molar-refractivity contribution is 0.174. The van der Waals surface area contributed by atoms with Gasteiger partial charge in [0.2, 0.25) is 6.79 Å². The van der Waals surface area contributed by atoms with Crippen LogP contribution < -0.4 is 14.8 Å². The molecule has 3 heterocycles. The summed E-state index contributed by atoms with van der Waals surface area (Å²) in [5.74, 6) is 2.57. The Kier molecular flexibility index (Phi) is 3.07. The zero-order valence-electron chi connectivity index (χ0n) is 12.1. The summed E-state index contributed by atoms with van der Waals surface area (Å²) in [7, 11) is 2.17. The second-order valence-corrected chi connectivity index (χ2v) is 5.81. The molecule has 2 aliphatic rings. The fraction of sp³-hybridized carbons (Fsp3) is 0.438. The highest BCUT2D eigenvalue weighted by molar-refractivity contribution is 5.94. The molecule has 0 spiro atoms. The summed E-state index contributed by atoms with van der Waals surface area (Å²) in [6.07, 6.45) is 4.15. The van der Waals surface area contributed by atoms with Crippen molar-refractivity contribution >= 4 is 16.6 Å². The van der Waals surface area contributed by atoms with E-state index in [1.165, 1.54) is 0 Å². The molecular weight excluding hydrogens is 266 g/mol. The van der Waals surface area contributed by atoms with Gasteiger partial charge in [-0.3, -0.25) is 0 Å². The van der Waals surface area contributed by atoms with Crippen LogP contribution in [-0.4, -0.2) is 42.9 Å². The molecule has 0 aliphatic carbocycles. The molecule has 1 saturated heterocycles. The molecule has 1 fully saturated rings. The molecule has 2 aliphatic heterocycles. The summed E-state index contributed by atoms with van der Waals surface area (Å²) >= 11 is 0. The Morgan fingerprint density at radius 1 is 1.19 bits per heavy atom. The number of ether oxygens (including phenoxy) is 2. The van der Waals surface area contributed by atoms with Gasteiger partial charge in [0.1, 0.15) is 5.82 Å². The van der Waals surface area contributed by atoms with Crippen LogP contribution in [0.2, 0.25) is 0 Å². The molecule has 4 rings (SSSR count). The SMILES string of the molecule is CN1CCC(Nc2nccc3cc4c(cc23)OCO4)CC1. The zero-order chi connectivity index (χ0) is 14.2. The number of benzene rings is 1. The molecular formula is C16H19N3O2. The van der Waals surface area contributed by atoms with Crippen LogP contribution in [0.4, 0.5) is 5.82 Å². The average Bonchev–Trinajstić information content (AvgIpc) is 2.95. The van der Waals surface area contributed by atoms with E-state index < -0.39 is 0 Å². The van der Waals surface area contributed by atoms with Crippen molar-refractivity contribution < 1.29 is 9.47 Å². The second-order valence-electron chi connectivity index (χ2n) is 5.81. The van der Waals surface area contributed by atoms with Crippen molar-refractivity contribution in [1.29, 1.82) is 0 Å². The van der Waals surface area contributed by atoms with E-state index in [0.717, 1.165) is 54.0 Å². The normalized spacial score (nSPS) is 19.1. The topological polar surface area (TPSA) is 46.6 Å². The first-order valence-corrected chi connectivity index (χ1v) is 7.43.